The van der Waals surface area contributed by atoms with Crippen LogP contribution in [0.2, 0.25) is 0 Å². The van der Waals surface area contributed by atoms with Crippen LogP contribution < -0.4 is 4.74 Å². The minimum atomic E-state index is -0.320. The van der Waals surface area contributed by atoms with E-state index in [1.54, 1.807) is 57.5 Å². The maximum atomic E-state index is 9.17. The van der Waals surface area contributed by atoms with Crippen LogP contribution in [0.25, 0.3) is 60.5 Å². The van der Waals surface area contributed by atoms with Gasteiger partial charge in [-0.1, -0.05) is 6.42 Å². The average Bonchev–Trinajstić information content (AvgIpc) is 3.83. The number of ether oxygens (including phenoxy) is 1. The molecule has 7 rings (SSSR count). The molecule has 10 heteroatoms. The summed E-state index contributed by atoms with van der Waals surface area (Å²) in [6.07, 6.45) is 8.82. The summed E-state index contributed by atoms with van der Waals surface area (Å²) in [5.41, 5.74) is 1.17. The van der Waals surface area contributed by atoms with Gasteiger partial charge in [-0.25, -0.2) is 20.2 Å². The van der Waals surface area contributed by atoms with Gasteiger partial charge in [-0.3, -0.25) is 0 Å². The molecular formula is C32H18N4OS5. The minimum Gasteiger partial charge on any atom is -0.479 e. The van der Waals surface area contributed by atoms with E-state index >= 15 is 0 Å². The smallest absolute Gasteiger partial charge is 0.263 e. The second-order valence-corrected chi connectivity index (χ2v) is 15.4. The summed E-state index contributed by atoms with van der Waals surface area (Å²) < 4.78 is 9.49. The molecule has 1 aliphatic carbocycles. The lowest BCUT2D eigenvalue weighted by Crippen LogP contribution is -2.37. The van der Waals surface area contributed by atoms with Gasteiger partial charge in [-0.05, 0) is 74.2 Å². The first-order valence-electron chi connectivity index (χ1n) is 13.1. The van der Waals surface area contributed by atoms with Crippen LogP contribution in [0.5, 0.6) is 5.75 Å². The molecule has 0 atom stereocenters. The van der Waals surface area contributed by atoms with Crippen molar-refractivity contribution in [2.75, 3.05) is 0 Å². The predicted octanol–water partition coefficient (Wildman–Crippen LogP) is 11.3. The van der Waals surface area contributed by atoms with E-state index in [9.17, 15) is 5.26 Å². The molecule has 0 aromatic carbocycles. The lowest BCUT2D eigenvalue weighted by Gasteiger charge is -2.40. The SMILES string of the molecule is [C-]#[N+]/C(C#N)=C\c1ccc(-c2cc3c(s2)-c2sc4cc(-c5ccc(/C=C(\C#N)[N+]#[C-])s5)sc4c2OC32CCCCC2)s1. The van der Waals surface area contributed by atoms with E-state index in [0.29, 0.717) is 0 Å². The summed E-state index contributed by atoms with van der Waals surface area (Å²) in [5.74, 6) is 1.01. The normalized spacial score (nSPS) is 15.7. The zero-order valence-electron chi connectivity index (χ0n) is 21.9. The Morgan fingerprint density at radius 1 is 0.762 bits per heavy atom. The summed E-state index contributed by atoms with van der Waals surface area (Å²) in [6.45, 7) is 14.3. The van der Waals surface area contributed by atoms with Crippen LogP contribution in [-0.2, 0) is 5.60 Å². The summed E-state index contributed by atoms with van der Waals surface area (Å²) in [5, 5.41) is 18.3. The van der Waals surface area contributed by atoms with Crippen LogP contribution in [0.3, 0.4) is 0 Å². The van der Waals surface area contributed by atoms with Crippen molar-refractivity contribution in [3.63, 3.8) is 0 Å². The Balaban J connectivity index is 1.30. The van der Waals surface area contributed by atoms with E-state index in [1.807, 2.05) is 35.6 Å². The first-order valence-corrected chi connectivity index (χ1v) is 17.2. The molecule has 6 heterocycles. The molecule has 202 valence electrons. The molecule has 1 spiro atoms. The second kappa shape index (κ2) is 10.7. The number of fused-ring (bicyclic) bond motifs is 6. The van der Waals surface area contributed by atoms with Gasteiger partial charge in [0.25, 0.3) is 11.4 Å². The molecule has 0 saturated heterocycles. The molecule has 0 N–H and O–H groups in total. The third kappa shape index (κ3) is 4.50. The Labute approximate surface area is 262 Å². The largest absolute Gasteiger partial charge is 0.479 e. The molecule has 1 saturated carbocycles. The van der Waals surface area contributed by atoms with Crippen molar-refractivity contribution in [2.45, 2.75) is 37.7 Å². The van der Waals surface area contributed by atoms with Crippen molar-refractivity contribution in [2.24, 2.45) is 0 Å². The third-order valence-corrected chi connectivity index (χ3v) is 13.6. The molecule has 2 aliphatic rings. The monoisotopic (exact) mass is 634 g/mol. The Morgan fingerprint density at radius 2 is 1.38 bits per heavy atom. The summed E-state index contributed by atoms with van der Waals surface area (Å²) in [6, 6.07) is 16.6. The van der Waals surface area contributed by atoms with E-state index in [-0.39, 0.29) is 17.0 Å². The van der Waals surface area contributed by atoms with Gasteiger partial charge in [0.05, 0.1) is 44.4 Å². The number of nitriles is 2. The van der Waals surface area contributed by atoms with Gasteiger partial charge in [0.15, 0.2) is 5.75 Å². The van der Waals surface area contributed by atoms with Crippen LogP contribution in [0.4, 0.5) is 0 Å². The maximum Gasteiger partial charge on any atom is 0.263 e. The molecular weight excluding hydrogens is 617 g/mol. The average molecular weight is 635 g/mol. The van der Waals surface area contributed by atoms with E-state index in [2.05, 4.69) is 34.0 Å². The van der Waals surface area contributed by atoms with E-state index < -0.39 is 0 Å². The maximum absolute atomic E-state index is 9.17. The first-order chi connectivity index (χ1) is 20.5. The van der Waals surface area contributed by atoms with Crippen molar-refractivity contribution >= 4 is 78.2 Å². The number of thiophene rings is 5. The molecule has 5 nitrogen and oxygen atoms in total. The highest BCUT2D eigenvalue weighted by molar-refractivity contribution is 7.34. The lowest BCUT2D eigenvalue weighted by atomic mass is 9.78. The molecule has 5 aromatic heterocycles. The zero-order chi connectivity index (χ0) is 28.8. The van der Waals surface area contributed by atoms with Crippen LogP contribution in [0, 0.1) is 35.8 Å². The van der Waals surface area contributed by atoms with Crippen LogP contribution >= 0.6 is 56.7 Å². The standard InChI is InChI=1S/C32H18N4OS5/c1-35-18(16-33)12-20-6-8-23(38-20)25-14-22-29(40-25)31-28(37-32(22)10-4-3-5-11-32)30-27(42-31)15-26(41-30)24-9-7-21(39-24)13-19(17-34)36-2/h6-9,12-15H,3-5,10-11H2/b18-12-,19-13+. The van der Waals surface area contributed by atoms with Crippen LogP contribution in [0.1, 0.15) is 47.4 Å². The number of allylic oxidation sites excluding steroid dienone is 2. The van der Waals surface area contributed by atoms with Gasteiger partial charge < -0.3 is 4.74 Å². The fourth-order valence-electron chi connectivity index (χ4n) is 5.57. The molecule has 0 unspecified atom stereocenters. The Hall–Kier alpha value is -4.00. The molecule has 1 aliphatic heterocycles. The molecule has 0 radical (unpaired) electrons. The Kier molecular flexibility index (Phi) is 6.83. The third-order valence-electron chi connectivity index (χ3n) is 7.48. The predicted molar refractivity (Wildman–Crippen MR) is 175 cm³/mol. The van der Waals surface area contributed by atoms with Crippen molar-refractivity contribution in [3.8, 4) is 47.2 Å². The Morgan fingerprint density at radius 3 is 1.98 bits per heavy atom. The van der Waals surface area contributed by atoms with Gasteiger partial charge in [-0.15, -0.1) is 56.7 Å². The van der Waals surface area contributed by atoms with Crippen molar-refractivity contribution in [1.29, 1.82) is 10.5 Å². The molecule has 42 heavy (non-hydrogen) atoms. The highest BCUT2D eigenvalue weighted by Gasteiger charge is 2.45. The van der Waals surface area contributed by atoms with E-state index in [0.717, 1.165) is 50.9 Å². The summed E-state index contributed by atoms with van der Waals surface area (Å²) in [7, 11) is 0. The molecule has 0 amide bonds. The fraction of sp³-hybridized carbons (Fsp3) is 0.188. The fourth-order valence-corrected chi connectivity index (χ4v) is 11.5. The first kappa shape index (κ1) is 26.9. The molecule has 1 fully saturated rings. The van der Waals surface area contributed by atoms with E-state index in [4.69, 9.17) is 23.1 Å². The van der Waals surface area contributed by atoms with Gasteiger partial charge in [0.1, 0.15) is 5.60 Å². The second-order valence-electron chi connectivity index (χ2n) is 9.99. The van der Waals surface area contributed by atoms with Gasteiger partial charge in [0.2, 0.25) is 0 Å². The Bertz CT molecular complexity index is 2080. The van der Waals surface area contributed by atoms with Crippen LogP contribution in [0.15, 0.2) is 47.8 Å². The summed E-state index contributed by atoms with van der Waals surface area (Å²) >= 11 is 8.56. The van der Waals surface area contributed by atoms with Crippen molar-refractivity contribution < 1.29 is 4.74 Å². The summed E-state index contributed by atoms with van der Waals surface area (Å²) in [4.78, 5) is 15.5. The topological polar surface area (TPSA) is 65.5 Å². The number of hydrogen-bond donors (Lipinski definition) is 0. The van der Waals surface area contributed by atoms with Gasteiger partial charge in [-0.2, -0.15) is 0 Å². The number of rotatable bonds is 4. The van der Waals surface area contributed by atoms with Crippen LogP contribution in [-0.4, -0.2) is 0 Å². The highest BCUT2D eigenvalue weighted by Crippen LogP contribution is 2.61. The van der Waals surface area contributed by atoms with E-state index in [1.165, 1.54) is 40.9 Å². The number of hydrogen-bond acceptors (Lipinski definition) is 8. The lowest BCUT2D eigenvalue weighted by molar-refractivity contribution is 0.0267. The molecule has 5 aromatic rings. The molecule has 0 bridgehead atoms. The number of nitrogens with zero attached hydrogens (tertiary/aromatic N) is 4. The quantitative estimate of drug-likeness (QED) is 0.146. The van der Waals surface area contributed by atoms with Gasteiger partial charge >= 0.3 is 0 Å². The van der Waals surface area contributed by atoms with Crippen molar-refractivity contribution in [3.05, 3.63) is 85.9 Å². The zero-order valence-corrected chi connectivity index (χ0v) is 26.0. The van der Waals surface area contributed by atoms with Gasteiger partial charge in [0, 0.05) is 34.8 Å². The minimum absolute atomic E-state index is 0.0902. The van der Waals surface area contributed by atoms with Crippen molar-refractivity contribution in [1.82, 2.24) is 0 Å². The highest BCUT2D eigenvalue weighted by atomic mass is 32.1.